The predicted molar refractivity (Wildman–Crippen MR) is 183 cm³/mol. The van der Waals surface area contributed by atoms with Gasteiger partial charge in [-0.25, -0.2) is 4.79 Å². The van der Waals surface area contributed by atoms with Crippen LogP contribution in [0.1, 0.15) is 75.2 Å². The van der Waals surface area contributed by atoms with E-state index in [1.165, 1.54) is 14.2 Å². The molecule has 12 unspecified atom stereocenters. The van der Waals surface area contributed by atoms with Gasteiger partial charge in [0.2, 0.25) is 5.76 Å². The lowest BCUT2D eigenvalue weighted by molar-refractivity contribution is -0.329. The third kappa shape index (κ3) is 10.7. The van der Waals surface area contributed by atoms with Gasteiger partial charge in [-0.3, -0.25) is 4.79 Å². The molecule has 2 aliphatic heterocycles. The maximum atomic E-state index is 13.6. The second-order valence-corrected chi connectivity index (χ2v) is 14.2. The third-order valence-electron chi connectivity index (χ3n) is 9.92. The lowest BCUT2D eigenvalue weighted by Gasteiger charge is -2.50. The highest BCUT2D eigenvalue weighted by Crippen LogP contribution is 2.42. The van der Waals surface area contributed by atoms with Crippen molar-refractivity contribution in [1.82, 2.24) is 0 Å². The maximum absolute atomic E-state index is 13.6. The summed E-state index contributed by atoms with van der Waals surface area (Å²) in [6.45, 7) is 16.6. The Kier molecular flexibility index (Phi) is 16.0. The molecule has 0 bridgehead atoms. The molecule has 1 saturated heterocycles. The summed E-state index contributed by atoms with van der Waals surface area (Å²) < 4.78 is 29.2. The molecule has 0 spiro atoms. The summed E-state index contributed by atoms with van der Waals surface area (Å²) in [7, 11) is 2.85. The predicted octanol–water partition coefficient (Wildman–Crippen LogP) is 4.20. The van der Waals surface area contributed by atoms with E-state index in [0.717, 1.165) is 5.57 Å². The average Bonchev–Trinajstić information content (AvgIpc) is 3.03. The molecule has 2 heterocycles. The first kappa shape index (κ1) is 41.6. The molecule has 1 fully saturated rings. The molecule has 0 aromatic rings. The van der Waals surface area contributed by atoms with Crippen LogP contribution in [0, 0.1) is 35.5 Å². The zero-order valence-corrected chi connectivity index (χ0v) is 30.7. The van der Waals surface area contributed by atoms with Gasteiger partial charge in [-0.1, -0.05) is 83.9 Å². The monoisotopic (exact) mass is 679 g/mol. The van der Waals surface area contributed by atoms with Crippen molar-refractivity contribution < 1.29 is 48.6 Å². The van der Waals surface area contributed by atoms with Gasteiger partial charge in [-0.05, 0) is 38.2 Å². The average molecular weight is 680 g/mol. The number of carbonyl (C=O) groups excluding carboxylic acids is 2. The molecule has 0 radical (unpaired) electrons. The summed E-state index contributed by atoms with van der Waals surface area (Å²) in [6.07, 6.45) is 4.63. The van der Waals surface area contributed by atoms with Gasteiger partial charge in [0, 0.05) is 37.2 Å². The number of ether oxygens (including phenoxy) is 5. The van der Waals surface area contributed by atoms with Gasteiger partial charge in [0.15, 0.2) is 5.79 Å². The Morgan fingerprint density at radius 1 is 1.12 bits per heavy atom. The topological polar surface area (TPSA) is 167 Å². The fourth-order valence-corrected chi connectivity index (χ4v) is 6.89. The van der Waals surface area contributed by atoms with E-state index in [4.69, 9.17) is 29.4 Å². The van der Waals surface area contributed by atoms with Crippen LogP contribution in [-0.4, -0.2) is 90.4 Å². The number of cyclic esters (lactones) is 1. The van der Waals surface area contributed by atoms with Crippen molar-refractivity contribution in [3.8, 4) is 0 Å². The highest BCUT2D eigenvalue weighted by molar-refractivity contribution is 5.87. The van der Waals surface area contributed by atoms with Gasteiger partial charge >= 0.3 is 11.9 Å². The molecule has 12 atom stereocenters. The fraction of sp³-hybridized carbons (Fsp3) is 0.730. The van der Waals surface area contributed by atoms with Crippen LogP contribution in [0.4, 0.5) is 0 Å². The van der Waals surface area contributed by atoms with E-state index in [0.29, 0.717) is 12.0 Å². The number of methoxy groups -OCH3 is 2. The minimum Gasteiger partial charge on any atom is -0.490 e. The molecule has 11 heteroatoms. The van der Waals surface area contributed by atoms with Crippen molar-refractivity contribution in [3.05, 3.63) is 47.3 Å². The number of esters is 2. The number of aliphatic hydroxyl groups excluding tert-OH is 2. The van der Waals surface area contributed by atoms with Crippen molar-refractivity contribution in [2.45, 2.75) is 118 Å². The van der Waals surface area contributed by atoms with Crippen LogP contribution in [0.15, 0.2) is 47.3 Å². The SMILES string of the molecule is CO/C1=C/C(C)=C/C(C)C(O)C(C)C/C(C)=C/C=C\C(OC)C(C(C)C(O)C(C)C2(O)CC(OC(=O)CN)C(C)C(C(C)C)O2)OC1=O. The molecular formula is C37H61NO10. The summed E-state index contributed by atoms with van der Waals surface area (Å²) in [5.74, 6) is -5.49. The lowest BCUT2D eigenvalue weighted by Crippen LogP contribution is -2.60. The minimum atomic E-state index is -1.88. The minimum absolute atomic E-state index is 0.0235. The Hall–Kier alpha value is -2.54. The quantitative estimate of drug-likeness (QED) is 0.258. The van der Waals surface area contributed by atoms with Crippen LogP contribution in [0.5, 0.6) is 0 Å². The molecule has 0 aromatic carbocycles. The number of carbonyl (C=O) groups is 2. The molecule has 5 N–H and O–H groups in total. The maximum Gasteiger partial charge on any atom is 0.373 e. The molecule has 0 saturated carbocycles. The number of aliphatic hydroxyl groups is 3. The van der Waals surface area contributed by atoms with Crippen LogP contribution >= 0.6 is 0 Å². The Bertz CT molecular complexity index is 1190. The van der Waals surface area contributed by atoms with Crippen LogP contribution in [-0.2, 0) is 33.3 Å². The van der Waals surface area contributed by atoms with Gasteiger partial charge in [0.05, 0.1) is 32.0 Å². The largest absolute Gasteiger partial charge is 0.490 e. The van der Waals surface area contributed by atoms with Crippen molar-refractivity contribution in [2.75, 3.05) is 20.8 Å². The summed E-state index contributed by atoms with van der Waals surface area (Å²) in [4.78, 5) is 25.8. The van der Waals surface area contributed by atoms with Crippen LogP contribution in [0.2, 0.25) is 0 Å². The Balaban J connectivity index is 2.55. The molecule has 48 heavy (non-hydrogen) atoms. The van der Waals surface area contributed by atoms with Crippen LogP contribution in [0.3, 0.4) is 0 Å². The summed E-state index contributed by atoms with van der Waals surface area (Å²) in [5, 5.41) is 34.8. The van der Waals surface area contributed by atoms with E-state index in [9.17, 15) is 24.9 Å². The fourth-order valence-electron chi connectivity index (χ4n) is 6.89. The summed E-state index contributed by atoms with van der Waals surface area (Å²) >= 11 is 0. The number of rotatable bonds is 9. The van der Waals surface area contributed by atoms with E-state index in [1.54, 1.807) is 32.1 Å². The third-order valence-corrected chi connectivity index (χ3v) is 9.92. The normalized spacial score (nSPS) is 38.6. The van der Waals surface area contributed by atoms with Crippen LogP contribution < -0.4 is 5.73 Å². The second-order valence-electron chi connectivity index (χ2n) is 14.2. The van der Waals surface area contributed by atoms with Crippen molar-refractivity contribution in [2.24, 2.45) is 41.2 Å². The molecule has 0 aromatic heterocycles. The molecule has 2 aliphatic rings. The number of nitrogens with two attached hydrogens (primary N) is 1. The molecule has 274 valence electrons. The van der Waals surface area contributed by atoms with Crippen molar-refractivity contribution in [1.29, 1.82) is 0 Å². The second kappa shape index (κ2) is 18.5. The van der Waals surface area contributed by atoms with Gasteiger partial charge in [-0.15, -0.1) is 0 Å². The van der Waals surface area contributed by atoms with Gasteiger partial charge in [0.25, 0.3) is 0 Å². The van der Waals surface area contributed by atoms with Gasteiger partial charge < -0.3 is 44.7 Å². The molecule has 0 amide bonds. The van der Waals surface area contributed by atoms with E-state index in [1.807, 2.05) is 60.6 Å². The smallest absolute Gasteiger partial charge is 0.373 e. The van der Waals surface area contributed by atoms with Crippen molar-refractivity contribution in [3.63, 3.8) is 0 Å². The Morgan fingerprint density at radius 2 is 1.77 bits per heavy atom. The number of hydrogen-bond acceptors (Lipinski definition) is 11. The van der Waals surface area contributed by atoms with Crippen LogP contribution in [0.25, 0.3) is 0 Å². The van der Waals surface area contributed by atoms with E-state index in [2.05, 4.69) is 0 Å². The standard InChI is InChI=1S/C37H61NO10/c1-20(2)34-25(7)30(46-31(39)19-38)18-37(43,48-34)27(9)33(41)26(8)35-28(44-10)14-12-13-21(3)15-23(5)32(40)24(6)16-22(4)17-29(45-11)36(42)47-35/h12-14,16-17,20,23-28,30,32-35,40-41,43H,15,18-19,38H2,1-11H3/b14-12-,21-13+,22-16+,29-17+. The highest BCUT2D eigenvalue weighted by Gasteiger charge is 2.53. The van der Waals surface area contributed by atoms with E-state index in [-0.39, 0.29) is 42.4 Å². The zero-order valence-electron chi connectivity index (χ0n) is 30.7. The van der Waals surface area contributed by atoms with E-state index >= 15 is 0 Å². The Morgan fingerprint density at radius 3 is 2.33 bits per heavy atom. The highest BCUT2D eigenvalue weighted by atomic mass is 16.6. The molecule has 2 rings (SSSR count). The lowest BCUT2D eigenvalue weighted by atomic mass is 9.76. The van der Waals surface area contributed by atoms with Crippen molar-refractivity contribution >= 4 is 11.9 Å². The number of hydrogen-bond donors (Lipinski definition) is 4. The molecule has 11 nitrogen and oxygen atoms in total. The summed E-state index contributed by atoms with van der Waals surface area (Å²) in [5.41, 5.74) is 7.26. The van der Waals surface area contributed by atoms with E-state index < -0.39 is 66.2 Å². The first-order chi connectivity index (χ1) is 22.4. The number of allylic oxidation sites excluding steroid dienone is 5. The van der Waals surface area contributed by atoms with Gasteiger partial charge in [0.1, 0.15) is 18.3 Å². The van der Waals surface area contributed by atoms with Gasteiger partial charge in [-0.2, -0.15) is 0 Å². The zero-order chi connectivity index (χ0) is 36.5. The Labute approximate surface area is 287 Å². The summed E-state index contributed by atoms with van der Waals surface area (Å²) in [6, 6.07) is 0. The first-order valence-electron chi connectivity index (χ1n) is 17.1. The molecule has 0 aliphatic carbocycles. The molecular weight excluding hydrogens is 618 g/mol. The first-order valence-corrected chi connectivity index (χ1v) is 17.1.